The number of carbonyl (C=O) groups is 1. The van der Waals surface area contributed by atoms with E-state index in [-0.39, 0.29) is 5.91 Å². The molecule has 0 aliphatic rings. The minimum Gasteiger partial charge on any atom is -0.493 e. The van der Waals surface area contributed by atoms with Gasteiger partial charge >= 0.3 is 0 Å². The molecule has 146 valence electrons. The topological polar surface area (TPSA) is 85.5 Å². The van der Waals surface area contributed by atoms with Gasteiger partial charge in [0.1, 0.15) is 5.75 Å². The van der Waals surface area contributed by atoms with Gasteiger partial charge in [0, 0.05) is 11.3 Å². The van der Waals surface area contributed by atoms with Gasteiger partial charge in [0.05, 0.1) is 26.4 Å². The molecule has 1 aromatic heterocycles. The Morgan fingerprint density at radius 3 is 2.54 bits per heavy atom. The van der Waals surface area contributed by atoms with E-state index < -0.39 is 0 Å². The number of rotatable bonds is 7. The van der Waals surface area contributed by atoms with Gasteiger partial charge < -0.3 is 19.5 Å². The minimum atomic E-state index is -0.294. The number of H-pyrrole nitrogens is 1. The van der Waals surface area contributed by atoms with Crippen LogP contribution in [0.2, 0.25) is 0 Å². The fraction of sp³-hybridized carbons (Fsp3) is 0.238. The van der Waals surface area contributed by atoms with Gasteiger partial charge in [-0.3, -0.25) is 9.89 Å². The fourth-order valence-electron chi connectivity index (χ4n) is 2.98. The van der Waals surface area contributed by atoms with Crippen molar-refractivity contribution in [3.63, 3.8) is 0 Å². The van der Waals surface area contributed by atoms with Crippen LogP contribution in [0.15, 0.2) is 42.5 Å². The Balaban J connectivity index is 1.95. The monoisotopic (exact) mass is 381 g/mol. The van der Waals surface area contributed by atoms with Gasteiger partial charge in [0.2, 0.25) is 0 Å². The third-order valence-corrected chi connectivity index (χ3v) is 4.28. The number of ether oxygens (including phenoxy) is 3. The Labute approximate surface area is 163 Å². The van der Waals surface area contributed by atoms with Crippen molar-refractivity contribution < 1.29 is 19.0 Å². The number of aryl methyl sites for hydroxylation is 1. The van der Waals surface area contributed by atoms with Crippen molar-refractivity contribution in [3.8, 4) is 28.4 Å². The van der Waals surface area contributed by atoms with Gasteiger partial charge in [-0.2, -0.15) is 5.10 Å². The van der Waals surface area contributed by atoms with Crippen LogP contribution in [0, 0.1) is 6.92 Å². The molecule has 7 heteroatoms. The number of aromatic nitrogens is 2. The summed E-state index contributed by atoms with van der Waals surface area (Å²) in [6.45, 7) is 4.24. The summed E-state index contributed by atoms with van der Waals surface area (Å²) in [4.78, 5) is 12.8. The van der Waals surface area contributed by atoms with Gasteiger partial charge in [-0.25, -0.2) is 0 Å². The lowest BCUT2D eigenvalue weighted by atomic mass is 10.0. The van der Waals surface area contributed by atoms with Crippen LogP contribution in [0.4, 0.5) is 5.82 Å². The van der Waals surface area contributed by atoms with Crippen molar-refractivity contribution in [2.24, 2.45) is 0 Å². The van der Waals surface area contributed by atoms with Crippen LogP contribution in [0.3, 0.4) is 0 Å². The summed E-state index contributed by atoms with van der Waals surface area (Å²) in [5.74, 6) is 1.89. The summed E-state index contributed by atoms with van der Waals surface area (Å²) in [5, 5.41) is 10.1. The first kappa shape index (κ1) is 19.3. The Hall–Kier alpha value is -3.48. The first-order valence-electron chi connectivity index (χ1n) is 8.89. The van der Waals surface area contributed by atoms with Crippen molar-refractivity contribution in [2.45, 2.75) is 13.8 Å². The van der Waals surface area contributed by atoms with Crippen molar-refractivity contribution in [2.75, 3.05) is 26.1 Å². The van der Waals surface area contributed by atoms with Crippen molar-refractivity contribution >= 4 is 11.7 Å². The quantitative estimate of drug-likeness (QED) is 0.645. The molecule has 0 aliphatic heterocycles. The van der Waals surface area contributed by atoms with E-state index in [0.29, 0.717) is 35.2 Å². The van der Waals surface area contributed by atoms with E-state index in [4.69, 9.17) is 14.2 Å². The molecular formula is C21H23N3O4. The van der Waals surface area contributed by atoms with Crippen LogP contribution in [0.1, 0.15) is 23.0 Å². The number of anilines is 1. The highest BCUT2D eigenvalue weighted by atomic mass is 16.5. The third-order valence-electron chi connectivity index (χ3n) is 4.28. The molecule has 28 heavy (non-hydrogen) atoms. The van der Waals surface area contributed by atoms with Gasteiger partial charge in [0.15, 0.2) is 17.3 Å². The molecule has 0 atom stereocenters. The second kappa shape index (κ2) is 8.47. The van der Waals surface area contributed by atoms with Crippen molar-refractivity contribution in [1.29, 1.82) is 0 Å². The van der Waals surface area contributed by atoms with Gasteiger partial charge in [-0.15, -0.1) is 0 Å². The van der Waals surface area contributed by atoms with E-state index >= 15 is 0 Å². The van der Waals surface area contributed by atoms with Crippen LogP contribution >= 0.6 is 0 Å². The predicted octanol–water partition coefficient (Wildman–Crippen LogP) is 4.05. The number of hydrogen-bond donors (Lipinski definition) is 2. The van der Waals surface area contributed by atoms with E-state index in [1.165, 1.54) is 0 Å². The van der Waals surface area contributed by atoms with Crippen LogP contribution in [0.5, 0.6) is 17.2 Å². The normalized spacial score (nSPS) is 10.4. The highest BCUT2D eigenvalue weighted by molar-refractivity contribution is 6.07. The summed E-state index contributed by atoms with van der Waals surface area (Å²) in [5.41, 5.74) is 2.89. The maximum atomic E-state index is 12.8. The minimum absolute atomic E-state index is 0.294. The first-order chi connectivity index (χ1) is 13.6. The van der Waals surface area contributed by atoms with E-state index in [0.717, 1.165) is 16.8 Å². The zero-order valence-electron chi connectivity index (χ0n) is 16.3. The average Bonchev–Trinajstić information content (AvgIpc) is 3.08. The number of amides is 1. The zero-order valence-corrected chi connectivity index (χ0v) is 16.3. The van der Waals surface area contributed by atoms with Crippen LogP contribution in [-0.2, 0) is 0 Å². The third kappa shape index (κ3) is 3.78. The van der Waals surface area contributed by atoms with Gasteiger partial charge in [-0.1, -0.05) is 18.2 Å². The molecule has 0 spiro atoms. The second-order valence-corrected chi connectivity index (χ2v) is 6.03. The van der Waals surface area contributed by atoms with Crippen molar-refractivity contribution in [1.82, 2.24) is 10.2 Å². The van der Waals surface area contributed by atoms with E-state index in [9.17, 15) is 4.79 Å². The van der Waals surface area contributed by atoms with Crippen LogP contribution in [0.25, 0.3) is 11.1 Å². The molecule has 0 saturated heterocycles. The maximum Gasteiger partial charge on any atom is 0.260 e. The summed E-state index contributed by atoms with van der Waals surface area (Å²) in [6, 6.07) is 12.7. The van der Waals surface area contributed by atoms with Crippen LogP contribution in [-0.4, -0.2) is 36.9 Å². The highest BCUT2D eigenvalue weighted by Crippen LogP contribution is 2.36. The molecule has 0 radical (unpaired) electrons. The number of nitrogens with zero attached hydrogens (tertiary/aromatic N) is 1. The molecule has 2 N–H and O–H groups in total. The SMILES string of the molecule is CCOc1ccccc1C(=O)Nc1n[nH]c(C)c1-c1ccc(OC)c(OC)c1. The molecule has 0 aliphatic carbocycles. The predicted molar refractivity (Wildman–Crippen MR) is 107 cm³/mol. The molecule has 3 rings (SSSR count). The molecular weight excluding hydrogens is 358 g/mol. The molecule has 0 saturated carbocycles. The Morgan fingerprint density at radius 1 is 1.07 bits per heavy atom. The van der Waals surface area contributed by atoms with Crippen molar-refractivity contribution in [3.05, 3.63) is 53.7 Å². The highest BCUT2D eigenvalue weighted by Gasteiger charge is 2.19. The molecule has 2 aromatic carbocycles. The molecule has 0 bridgehead atoms. The number of aromatic amines is 1. The number of hydrogen-bond acceptors (Lipinski definition) is 5. The zero-order chi connectivity index (χ0) is 20.1. The largest absolute Gasteiger partial charge is 0.493 e. The lowest BCUT2D eigenvalue weighted by molar-refractivity contribution is 0.102. The summed E-state index contributed by atoms with van der Waals surface area (Å²) in [7, 11) is 3.17. The summed E-state index contributed by atoms with van der Waals surface area (Å²) in [6.07, 6.45) is 0. The second-order valence-electron chi connectivity index (χ2n) is 6.03. The average molecular weight is 381 g/mol. The lowest BCUT2D eigenvalue weighted by Gasteiger charge is -2.12. The maximum absolute atomic E-state index is 12.8. The van der Waals surface area contributed by atoms with E-state index in [2.05, 4.69) is 15.5 Å². The number of para-hydroxylation sites is 1. The summed E-state index contributed by atoms with van der Waals surface area (Å²) >= 11 is 0. The molecule has 0 unspecified atom stereocenters. The molecule has 1 heterocycles. The lowest BCUT2D eigenvalue weighted by Crippen LogP contribution is -2.14. The van der Waals surface area contributed by atoms with E-state index in [1.807, 2.05) is 38.1 Å². The van der Waals surface area contributed by atoms with E-state index in [1.54, 1.807) is 32.4 Å². The first-order valence-corrected chi connectivity index (χ1v) is 8.89. The smallest absolute Gasteiger partial charge is 0.260 e. The Kier molecular flexibility index (Phi) is 5.84. The fourth-order valence-corrected chi connectivity index (χ4v) is 2.98. The molecule has 1 amide bonds. The molecule has 7 nitrogen and oxygen atoms in total. The standard InChI is InChI=1S/C21H23N3O4/c1-5-28-16-9-7-6-8-15(16)21(25)22-20-19(13(2)23-24-20)14-10-11-17(26-3)18(12-14)27-4/h6-12H,5H2,1-4H3,(H2,22,23,24,25). The Bertz CT molecular complexity index is 982. The van der Waals surface area contributed by atoms with Crippen LogP contribution < -0.4 is 19.5 Å². The number of nitrogens with one attached hydrogen (secondary N) is 2. The van der Waals surface area contributed by atoms with Gasteiger partial charge in [0.25, 0.3) is 5.91 Å². The van der Waals surface area contributed by atoms with Gasteiger partial charge in [-0.05, 0) is 43.7 Å². The number of methoxy groups -OCH3 is 2. The molecule has 0 fully saturated rings. The number of carbonyl (C=O) groups excluding carboxylic acids is 1. The number of benzene rings is 2. The Morgan fingerprint density at radius 2 is 1.82 bits per heavy atom. The molecule has 3 aromatic rings. The summed E-state index contributed by atoms with van der Waals surface area (Å²) < 4.78 is 16.2.